The summed E-state index contributed by atoms with van der Waals surface area (Å²) in [4.78, 5) is 23.2. The first-order chi connectivity index (χ1) is 13.5. The summed E-state index contributed by atoms with van der Waals surface area (Å²) in [5.41, 5.74) is 0.770. The number of amides is 1. The molecule has 0 unspecified atom stereocenters. The second kappa shape index (κ2) is 8.66. The van der Waals surface area contributed by atoms with Crippen molar-refractivity contribution < 1.29 is 22.9 Å². The molecule has 0 aliphatic carbocycles. The van der Waals surface area contributed by atoms with E-state index < -0.39 is 26.9 Å². The Labute approximate surface area is 173 Å². The topological polar surface area (TPSA) is 119 Å². The monoisotopic (exact) mass is 441 g/mol. The number of carbonyl (C=O) groups excluding carboxylic acids is 1. The van der Waals surface area contributed by atoms with Gasteiger partial charge in [-0.15, -0.1) is 0 Å². The minimum atomic E-state index is -3.85. The van der Waals surface area contributed by atoms with Crippen LogP contribution in [0.1, 0.15) is 12.5 Å². The standard InChI is InChI=1S/C18H20ClN3O6S/c1-11-5-6-13(9-15(11)19)21(29(4,26)27)12(2)18(23)20-16-10-14(22(24)25)7-8-17(16)28-3/h5-10,12H,1-4H3,(H,20,23)/t12-/m0/s1. The Bertz CT molecular complexity index is 1060. The van der Waals surface area contributed by atoms with E-state index in [2.05, 4.69) is 5.32 Å². The van der Waals surface area contributed by atoms with Crippen molar-refractivity contribution in [1.29, 1.82) is 0 Å². The molecular formula is C18H20ClN3O6S. The highest BCUT2D eigenvalue weighted by molar-refractivity contribution is 7.92. The number of nitrogens with one attached hydrogen (secondary N) is 1. The zero-order valence-corrected chi connectivity index (χ0v) is 17.7. The Balaban J connectivity index is 2.41. The van der Waals surface area contributed by atoms with Gasteiger partial charge in [-0.1, -0.05) is 17.7 Å². The summed E-state index contributed by atoms with van der Waals surface area (Å²) in [5, 5.41) is 13.9. The number of non-ortho nitro benzene ring substituents is 1. The molecule has 9 nitrogen and oxygen atoms in total. The molecule has 0 aliphatic heterocycles. The van der Waals surface area contributed by atoms with Crippen LogP contribution in [0, 0.1) is 17.0 Å². The van der Waals surface area contributed by atoms with Crippen LogP contribution >= 0.6 is 11.6 Å². The molecule has 0 fully saturated rings. The molecule has 1 atom stereocenters. The maximum Gasteiger partial charge on any atom is 0.271 e. The molecule has 11 heteroatoms. The van der Waals surface area contributed by atoms with E-state index in [1.54, 1.807) is 19.1 Å². The maximum absolute atomic E-state index is 12.8. The number of aryl methyl sites for hydroxylation is 1. The molecule has 0 bridgehead atoms. The quantitative estimate of drug-likeness (QED) is 0.519. The van der Waals surface area contributed by atoms with Gasteiger partial charge in [0.15, 0.2) is 0 Å². The van der Waals surface area contributed by atoms with E-state index in [4.69, 9.17) is 16.3 Å². The molecule has 2 rings (SSSR count). The first kappa shape index (κ1) is 22.4. The van der Waals surface area contributed by atoms with E-state index in [-0.39, 0.29) is 22.8 Å². The van der Waals surface area contributed by atoms with Crippen LogP contribution in [0.15, 0.2) is 36.4 Å². The molecule has 0 saturated carbocycles. The van der Waals surface area contributed by atoms with Gasteiger partial charge in [0.2, 0.25) is 15.9 Å². The van der Waals surface area contributed by atoms with Crippen molar-refractivity contribution in [3.63, 3.8) is 0 Å². The van der Waals surface area contributed by atoms with Gasteiger partial charge in [-0.25, -0.2) is 8.42 Å². The number of nitro benzene ring substituents is 1. The predicted octanol–water partition coefficient (Wildman–Crippen LogP) is 3.36. The number of anilines is 2. The molecular weight excluding hydrogens is 422 g/mol. The normalized spacial score (nSPS) is 12.2. The third-order valence-electron chi connectivity index (χ3n) is 4.15. The number of benzene rings is 2. The molecule has 2 aromatic carbocycles. The first-order valence-electron chi connectivity index (χ1n) is 8.34. The van der Waals surface area contributed by atoms with Crippen LogP contribution in [0.25, 0.3) is 0 Å². The van der Waals surface area contributed by atoms with Gasteiger partial charge < -0.3 is 10.1 Å². The second-order valence-electron chi connectivity index (χ2n) is 6.30. The van der Waals surface area contributed by atoms with Crippen LogP contribution in [-0.4, -0.2) is 38.7 Å². The largest absolute Gasteiger partial charge is 0.495 e. The molecule has 0 saturated heterocycles. The van der Waals surface area contributed by atoms with E-state index in [0.29, 0.717) is 5.02 Å². The van der Waals surface area contributed by atoms with Gasteiger partial charge in [0.25, 0.3) is 5.69 Å². The lowest BCUT2D eigenvalue weighted by Gasteiger charge is -2.28. The Morgan fingerprint density at radius 2 is 1.93 bits per heavy atom. The van der Waals surface area contributed by atoms with Crippen molar-refractivity contribution in [2.75, 3.05) is 23.0 Å². The van der Waals surface area contributed by atoms with Crippen LogP contribution in [-0.2, 0) is 14.8 Å². The zero-order valence-electron chi connectivity index (χ0n) is 16.2. The van der Waals surface area contributed by atoms with Crippen LogP contribution < -0.4 is 14.4 Å². The number of nitro groups is 1. The maximum atomic E-state index is 12.8. The lowest BCUT2D eigenvalue weighted by molar-refractivity contribution is -0.384. The van der Waals surface area contributed by atoms with Gasteiger partial charge in [-0.2, -0.15) is 0 Å². The van der Waals surface area contributed by atoms with E-state index in [9.17, 15) is 23.3 Å². The van der Waals surface area contributed by atoms with Crippen molar-refractivity contribution in [2.45, 2.75) is 19.9 Å². The highest BCUT2D eigenvalue weighted by Crippen LogP contribution is 2.30. The average molecular weight is 442 g/mol. The van der Waals surface area contributed by atoms with Crippen molar-refractivity contribution in [3.05, 3.63) is 57.1 Å². The molecule has 1 amide bonds. The number of rotatable bonds is 7. The van der Waals surface area contributed by atoms with Crippen molar-refractivity contribution in [1.82, 2.24) is 0 Å². The van der Waals surface area contributed by atoms with Crippen LogP contribution in [0.4, 0.5) is 17.1 Å². The van der Waals surface area contributed by atoms with Gasteiger partial charge in [-0.05, 0) is 37.6 Å². The fourth-order valence-electron chi connectivity index (χ4n) is 2.67. The summed E-state index contributed by atoms with van der Waals surface area (Å²) >= 11 is 6.11. The van der Waals surface area contributed by atoms with Gasteiger partial charge in [0.1, 0.15) is 11.8 Å². The minimum Gasteiger partial charge on any atom is -0.495 e. The predicted molar refractivity (Wildman–Crippen MR) is 111 cm³/mol. The van der Waals surface area contributed by atoms with Crippen LogP contribution in [0.5, 0.6) is 5.75 Å². The minimum absolute atomic E-state index is 0.0499. The molecule has 0 spiro atoms. The Morgan fingerprint density at radius 1 is 1.28 bits per heavy atom. The number of methoxy groups -OCH3 is 1. The van der Waals surface area contributed by atoms with E-state index in [0.717, 1.165) is 22.2 Å². The molecule has 0 heterocycles. The highest BCUT2D eigenvalue weighted by Gasteiger charge is 2.30. The smallest absolute Gasteiger partial charge is 0.271 e. The average Bonchev–Trinajstić information content (AvgIpc) is 2.63. The third-order valence-corrected chi connectivity index (χ3v) is 5.80. The first-order valence-corrected chi connectivity index (χ1v) is 10.6. The number of halogens is 1. The Morgan fingerprint density at radius 3 is 2.45 bits per heavy atom. The third kappa shape index (κ3) is 5.15. The molecule has 156 valence electrons. The summed E-state index contributed by atoms with van der Waals surface area (Å²) in [6.45, 7) is 3.16. The zero-order chi connectivity index (χ0) is 21.9. The number of ether oxygens (including phenoxy) is 1. The fourth-order valence-corrected chi connectivity index (χ4v) is 4.01. The SMILES string of the molecule is COc1ccc([N+](=O)[O-])cc1NC(=O)[C@H](C)N(c1ccc(C)c(Cl)c1)S(C)(=O)=O. The highest BCUT2D eigenvalue weighted by atomic mass is 35.5. The lowest BCUT2D eigenvalue weighted by Crippen LogP contribution is -2.45. The van der Waals surface area contributed by atoms with E-state index >= 15 is 0 Å². The number of carbonyl (C=O) groups is 1. The number of sulfonamides is 1. The summed E-state index contributed by atoms with van der Waals surface area (Å²) in [5.74, 6) is -0.508. The van der Waals surface area contributed by atoms with Crippen LogP contribution in [0.3, 0.4) is 0 Å². The summed E-state index contributed by atoms with van der Waals surface area (Å²) in [7, 11) is -2.50. The van der Waals surface area contributed by atoms with Gasteiger partial charge in [0, 0.05) is 17.2 Å². The second-order valence-corrected chi connectivity index (χ2v) is 8.57. The molecule has 29 heavy (non-hydrogen) atoms. The number of nitrogens with zero attached hydrogens (tertiary/aromatic N) is 2. The summed E-state index contributed by atoms with van der Waals surface area (Å²) in [6.07, 6.45) is 0.971. The van der Waals surface area contributed by atoms with Crippen molar-refractivity contribution in [3.8, 4) is 5.75 Å². The Hall–Kier alpha value is -2.85. The van der Waals surface area contributed by atoms with Crippen LogP contribution in [0.2, 0.25) is 5.02 Å². The summed E-state index contributed by atoms with van der Waals surface area (Å²) < 4.78 is 30.8. The van der Waals surface area contributed by atoms with Gasteiger partial charge in [0.05, 0.1) is 29.7 Å². The van der Waals surface area contributed by atoms with Crippen molar-refractivity contribution in [2.24, 2.45) is 0 Å². The molecule has 0 aliphatic rings. The molecule has 1 N–H and O–H groups in total. The van der Waals surface area contributed by atoms with E-state index in [1.807, 2.05) is 0 Å². The van der Waals surface area contributed by atoms with E-state index in [1.165, 1.54) is 32.2 Å². The number of hydrogen-bond donors (Lipinski definition) is 1. The number of hydrogen-bond acceptors (Lipinski definition) is 6. The molecule has 0 radical (unpaired) electrons. The lowest BCUT2D eigenvalue weighted by atomic mass is 10.2. The molecule has 2 aromatic rings. The fraction of sp³-hybridized carbons (Fsp3) is 0.278. The van der Waals surface area contributed by atoms with Crippen molar-refractivity contribution >= 4 is 44.6 Å². The summed E-state index contributed by atoms with van der Waals surface area (Å²) in [6, 6.07) is 7.17. The Kier molecular flexibility index (Phi) is 6.70. The van der Waals surface area contributed by atoms with Gasteiger partial charge >= 0.3 is 0 Å². The molecule has 0 aromatic heterocycles. The van der Waals surface area contributed by atoms with Gasteiger partial charge in [-0.3, -0.25) is 19.2 Å².